The molecule has 0 aliphatic carbocycles. The maximum Gasteiger partial charge on any atom is 0.416 e. The van der Waals surface area contributed by atoms with Crippen LogP contribution in [0.5, 0.6) is 0 Å². The summed E-state index contributed by atoms with van der Waals surface area (Å²) in [5.41, 5.74) is 6.92. The summed E-state index contributed by atoms with van der Waals surface area (Å²) in [7, 11) is 0. The molecule has 1 atom stereocenters. The topological polar surface area (TPSA) is 26.0 Å². The van der Waals surface area contributed by atoms with Gasteiger partial charge in [-0.2, -0.15) is 13.2 Å². The van der Waals surface area contributed by atoms with E-state index >= 15 is 0 Å². The zero-order chi connectivity index (χ0) is 14.9. The second-order valence-corrected chi connectivity index (χ2v) is 4.61. The van der Waals surface area contributed by atoms with Gasteiger partial charge in [0, 0.05) is 0 Å². The zero-order valence-electron chi connectivity index (χ0n) is 10.7. The van der Waals surface area contributed by atoms with Crippen LogP contribution >= 0.6 is 0 Å². The lowest BCUT2D eigenvalue weighted by Gasteiger charge is -2.15. The molecule has 0 amide bonds. The first kappa shape index (κ1) is 14.5. The van der Waals surface area contributed by atoms with Crippen LogP contribution in [0.15, 0.2) is 42.5 Å². The zero-order valence-corrected chi connectivity index (χ0v) is 10.7. The molecule has 2 rings (SSSR count). The highest BCUT2D eigenvalue weighted by Crippen LogP contribution is 2.30. The normalized spacial score (nSPS) is 13.3. The third kappa shape index (κ3) is 2.99. The molecule has 0 fully saturated rings. The van der Waals surface area contributed by atoms with Gasteiger partial charge < -0.3 is 5.73 Å². The van der Waals surface area contributed by atoms with Crippen molar-refractivity contribution in [2.45, 2.75) is 19.1 Å². The van der Waals surface area contributed by atoms with E-state index in [9.17, 15) is 17.6 Å². The SMILES string of the molecule is Cc1cc(C(N)c2ccc(C(F)(F)F)cc2)ccc1F. The smallest absolute Gasteiger partial charge is 0.320 e. The molecule has 2 aromatic rings. The molecule has 2 aromatic carbocycles. The van der Waals surface area contributed by atoms with Gasteiger partial charge in [0.2, 0.25) is 0 Å². The van der Waals surface area contributed by atoms with Crippen LogP contribution in [0, 0.1) is 12.7 Å². The van der Waals surface area contributed by atoms with Gasteiger partial charge in [-0.25, -0.2) is 4.39 Å². The van der Waals surface area contributed by atoms with Crippen molar-refractivity contribution in [2.24, 2.45) is 5.73 Å². The van der Waals surface area contributed by atoms with Gasteiger partial charge in [-0.15, -0.1) is 0 Å². The molecule has 0 saturated heterocycles. The van der Waals surface area contributed by atoms with Crippen molar-refractivity contribution in [2.75, 3.05) is 0 Å². The molecule has 0 radical (unpaired) electrons. The van der Waals surface area contributed by atoms with Crippen molar-refractivity contribution in [1.82, 2.24) is 0 Å². The van der Waals surface area contributed by atoms with Gasteiger partial charge in [-0.05, 0) is 41.8 Å². The molecule has 0 bridgehead atoms. The summed E-state index contributed by atoms with van der Waals surface area (Å²) in [6, 6.07) is 8.50. The average Bonchev–Trinajstić information content (AvgIpc) is 2.40. The van der Waals surface area contributed by atoms with Gasteiger partial charge >= 0.3 is 6.18 Å². The van der Waals surface area contributed by atoms with Crippen LogP contribution in [0.3, 0.4) is 0 Å². The third-order valence-corrected chi connectivity index (χ3v) is 3.14. The maximum atomic E-state index is 13.2. The van der Waals surface area contributed by atoms with Crippen LogP contribution in [0.4, 0.5) is 17.6 Å². The van der Waals surface area contributed by atoms with Crippen LogP contribution in [0.1, 0.15) is 28.3 Å². The monoisotopic (exact) mass is 283 g/mol. The standard InChI is InChI=1S/C15H13F4N/c1-9-8-11(4-7-13(9)16)14(20)10-2-5-12(6-3-10)15(17,18)19/h2-8,14H,20H2,1H3. The molecule has 0 spiro atoms. The molecule has 5 heteroatoms. The van der Waals surface area contributed by atoms with Crippen molar-refractivity contribution in [3.05, 3.63) is 70.5 Å². The number of rotatable bonds is 2. The summed E-state index contributed by atoms with van der Waals surface area (Å²) < 4.78 is 50.6. The molecule has 0 aliphatic heterocycles. The molecule has 0 aliphatic rings. The van der Waals surface area contributed by atoms with Gasteiger partial charge in [-0.3, -0.25) is 0 Å². The number of nitrogens with two attached hydrogens (primary N) is 1. The molecule has 2 N–H and O–H groups in total. The molecule has 0 heterocycles. The van der Waals surface area contributed by atoms with E-state index in [-0.39, 0.29) is 5.82 Å². The Morgan fingerprint density at radius 1 is 0.950 bits per heavy atom. The fourth-order valence-electron chi connectivity index (χ4n) is 1.93. The second kappa shape index (κ2) is 5.25. The average molecular weight is 283 g/mol. The minimum Gasteiger partial charge on any atom is -0.320 e. The van der Waals surface area contributed by atoms with E-state index in [0.29, 0.717) is 16.7 Å². The Hall–Kier alpha value is -1.88. The van der Waals surface area contributed by atoms with Gasteiger partial charge in [-0.1, -0.05) is 24.3 Å². The summed E-state index contributed by atoms with van der Waals surface area (Å²) in [6.45, 7) is 1.61. The van der Waals surface area contributed by atoms with E-state index in [2.05, 4.69) is 0 Å². The number of alkyl halides is 3. The summed E-state index contributed by atoms with van der Waals surface area (Å²) >= 11 is 0. The lowest BCUT2D eigenvalue weighted by molar-refractivity contribution is -0.137. The van der Waals surface area contributed by atoms with Gasteiger partial charge in [0.05, 0.1) is 11.6 Å². The predicted octanol–water partition coefficient (Wildman–Crippen LogP) is 4.20. The Morgan fingerprint density at radius 3 is 2.00 bits per heavy atom. The van der Waals surface area contributed by atoms with Crippen LogP contribution in [0.2, 0.25) is 0 Å². The Labute approximate surface area is 114 Å². The summed E-state index contributed by atoms with van der Waals surface area (Å²) in [6.07, 6.45) is -4.37. The lowest BCUT2D eigenvalue weighted by Crippen LogP contribution is -2.13. The van der Waals surface area contributed by atoms with Crippen molar-refractivity contribution in [3.8, 4) is 0 Å². The van der Waals surface area contributed by atoms with Crippen LogP contribution < -0.4 is 5.73 Å². The molecule has 0 aromatic heterocycles. The van der Waals surface area contributed by atoms with Crippen molar-refractivity contribution >= 4 is 0 Å². The first-order valence-corrected chi connectivity index (χ1v) is 5.98. The molecular formula is C15H13F4N. The van der Waals surface area contributed by atoms with E-state index in [1.807, 2.05) is 0 Å². The van der Waals surface area contributed by atoms with E-state index in [4.69, 9.17) is 5.73 Å². The van der Waals surface area contributed by atoms with Crippen molar-refractivity contribution in [1.29, 1.82) is 0 Å². The van der Waals surface area contributed by atoms with E-state index in [1.165, 1.54) is 24.3 Å². The minimum atomic E-state index is -4.37. The van der Waals surface area contributed by atoms with Crippen LogP contribution in [-0.2, 0) is 6.18 Å². The fourth-order valence-corrected chi connectivity index (χ4v) is 1.93. The molecule has 1 unspecified atom stereocenters. The number of hydrogen-bond donors (Lipinski definition) is 1. The number of hydrogen-bond acceptors (Lipinski definition) is 1. The van der Waals surface area contributed by atoms with Crippen LogP contribution in [0.25, 0.3) is 0 Å². The Bertz CT molecular complexity index is 602. The quantitative estimate of drug-likeness (QED) is 0.821. The molecule has 106 valence electrons. The Balaban J connectivity index is 2.29. The van der Waals surface area contributed by atoms with Gasteiger partial charge in [0.1, 0.15) is 5.82 Å². The highest BCUT2D eigenvalue weighted by molar-refractivity contribution is 5.35. The summed E-state index contributed by atoms with van der Waals surface area (Å²) in [5, 5.41) is 0. The second-order valence-electron chi connectivity index (χ2n) is 4.61. The fraction of sp³-hybridized carbons (Fsp3) is 0.200. The Morgan fingerprint density at radius 2 is 1.50 bits per heavy atom. The van der Waals surface area contributed by atoms with Crippen molar-refractivity contribution < 1.29 is 17.6 Å². The number of benzene rings is 2. The Kier molecular flexibility index (Phi) is 3.81. The molecular weight excluding hydrogens is 270 g/mol. The third-order valence-electron chi connectivity index (χ3n) is 3.14. The molecule has 1 nitrogen and oxygen atoms in total. The summed E-state index contributed by atoms with van der Waals surface area (Å²) in [4.78, 5) is 0. The van der Waals surface area contributed by atoms with E-state index < -0.39 is 17.8 Å². The molecule has 20 heavy (non-hydrogen) atoms. The van der Waals surface area contributed by atoms with E-state index in [1.54, 1.807) is 13.0 Å². The number of aryl methyl sites for hydroxylation is 1. The molecule has 0 saturated carbocycles. The lowest BCUT2D eigenvalue weighted by atomic mass is 9.97. The van der Waals surface area contributed by atoms with Gasteiger partial charge in [0.15, 0.2) is 0 Å². The predicted molar refractivity (Wildman–Crippen MR) is 68.6 cm³/mol. The van der Waals surface area contributed by atoms with E-state index in [0.717, 1.165) is 12.1 Å². The van der Waals surface area contributed by atoms with Gasteiger partial charge in [0.25, 0.3) is 0 Å². The minimum absolute atomic E-state index is 0.339. The van der Waals surface area contributed by atoms with Crippen LogP contribution in [-0.4, -0.2) is 0 Å². The highest BCUT2D eigenvalue weighted by Gasteiger charge is 2.30. The van der Waals surface area contributed by atoms with Crippen molar-refractivity contribution in [3.63, 3.8) is 0 Å². The highest BCUT2D eigenvalue weighted by atomic mass is 19.4. The first-order chi connectivity index (χ1) is 9.29. The largest absolute Gasteiger partial charge is 0.416 e. The maximum absolute atomic E-state index is 13.2. The number of halogens is 4. The summed E-state index contributed by atoms with van der Waals surface area (Å²) in [5.74, 6) is -0.339. The first-order valence-electron chi connectivity index (χ1n) is 5.98.